The number of carbonyl (C=O) groups is 1. The number of ketones is 1. The van der Waals surface area contributed by atoms with Crippen LogP contribution >= 0.6 is 0 Å². The molecule has 64 valence electrons. The molecule has 0 aromatic rings. The van der Waals surface area contributed by atoms with Gasteiger partial charge in [0.2, 0.25) is 0 Å². The third kappa shape index (κ3) is 2.60. The van der Waals surface area contributed by atoms with E-state index in [1.807, 2.05) is 7.05 Å². The monoisotopic (exact) mass is 157 g/mol. The summed E-state index contributed by atoms with van der Waals surface area (Å²) in [7, 11) is 1.99. The quantitative estimate of drug-likeness (QED) is 0.589. The Bertz CT molecular complexity index is 147. The Labute approximate surface area is 67.3 Å². The summed E-state index contributed by atoms with van der Waals surface area (Å²) in [6.45, 7) is 3.44. The third-order valence-corrected chi connectivity index (χ3v) is 1.92. The number of nitrogens with zero attached hydrogens (tertiary/aromatic N) is 1. The molecule has 3 nitrogen and oxygen atoms in total. The van der Waals surface area contributed by atoms with Gasteiger partial charge in [-0.15, -0.1) is 0 Å². The Morgan fingerprint density at radius 1 is 1.73 bits per heavy atom. The fourth-order valence-corrected chi connectivity index (χ4v) is 1.27. The van der Waals surface area contributed by atoms with E-state index in [9.17, 15) is 4.79 Å². The molecule has 1 rings (SSSR count). The van der Waals surface area contributed by atoms with Crippen LogP contribution in [0.25, 0.3) is 0 Å². The van der Waals surface area contributed by atoms with Gasteiger partial charge in [-0.25, -0.2) is 0 Å². The zero-order valence-corrected chi connectivity index (χ0v) is 7.17. The Kier molecular flexibility index (Phi) is 3.02. The van der Waals surface area contributed by atoms with Gasteiger partial charge >= 0.3 is 0 Å². The molecule has 1 aliphatic heterocycles. The first-order chi connectivity index (χ1) is 5.20. The minimum atomic E-state index is 0.0289. The Hall–Kier alpha value is -0.410. The largest absolute Gasteiger partial charge is 0.363 e. The lowest BCUT2D eigenvalue weighted by molar-refractivity contribution is -0.129. The maximum atomic E-state index is 10.8. The predicted octanol–water partition coefficient (Wildman–Crippen LogP) is 0.644. The van der Waals surface area contributed by atoms with Crippen molar-refractivity contribution in [1.82, 2.24) is 4.90 Å². The summed E-state index contributed by atoms with van der Waals surface area (Å²) in [6.07, 6.45) is 1.63. The Morgan fingerprint density at radius 3 is 3.00 bits per heavy atom. The zero-order chi connectivity index (χ0) is 8.27. The van der Waals surface area contributed by atoms with Gasteiger partial charge in [0, 0.05) is 19.6 Å². The first kappa shape index (κ1) is 8.68. The van der Waals surface area contributed by atoms with Crippen molar-refractivity contribution in [3.63, 3.8) is 0 Å². The van der Waals surface area contributed by atoms with E-state index in [0.717, 1.165) is 19.6 Å². The summed E-state index contributed by atoms with van der Waals surface area (Å²) < 4.78 is 5.41. The van der Waals surface area contributed by atoms with Gasteiger partial charge in [0.25, 0.3) is 0 Å². The Morgan fingerprint density at radius 2 is 2.45 bits per heavy atom. The van der Waals surface area contributed by atoms with Crippen molar-refractivity contribution in [3.05, 3.63) is 0 Å². The second-order valence-electron chi connectivity index (χ2n) is 3.07. The second-order valence-corrected chi connectivity index (χ2v) is 3.07. The van der Waals surface area contributed by atoms with Crippen molar-refractivity contribution < 1.29 is 9.53 Å². The predicted molar refractivity (Wildman–Crippen MR) is 42.3 cm³/mol. The van der Waals surface area contributed by atoms with E-state index in [1.165, 1.54) is 0 Å². The van der Waals surface area contributed by atoms with Crippen LogP contribution in [0.3, 0.4) is 0 Å². The fraction of sp³-hybridized carbons (Fsp3) is 0.875. The molecule has 0 aromatic heterocycles. The minimum Gasteiger partial charge on any atom is -0.363 e. The van der Waals surface area contributed by atoms with Crippen LogP contribution in [0.2, 0.25) is 0 Å². The highest BCUT2D eigenvalue weighted by Gasteiger charge is 2.20. The molecule has 1 saturated heterocycles. The van der Waals surface area contributed by atoms with Gasteiger partial charge < -0.3 is 4.74 Å². The van der Waals surface area contributed by atoms with Crippen LogP contribution in [0.5, 0.6) is 0 Å². The molecule has 1 aliphatic rings. The van der Waals surface area contributed by atoms with Crippen LogP contribution in [-0.2, 0) is 9.53 Å². The highest BCUT2D eigenvalue weighted by atomic mass is 16.5. The molecule has 11 heavy (non-hydrogen) atoms. The van der Waals surface area contributed by atoms with Crippen LogP contribution in [0, 0.1) is 0 Å². The van der Waals surface area contributed by atoms with E-state index < -0.39 is 0 Å². The Balaban J connectivity index is 2.35. The molecule has 0 N–H and O–H groups in total. The molecule has 3 heteroatoms. The average molecular weight is 157 g/mol. The first-order valence-electron chi connectivity index (χ1n) is 4.01. The molecule has 1 heterocycles. The summed E-state index contributed by atoms with van der Waals surface area (Å²) in [5.74, 6) is 0.198. The van der Waals surface area contributed by atoms with Crippen molar-refractivity contribution in [3.8, 4) is 0 Å². The summed E-state index contributed by atoms with van der Waals surface area (Å²) in [5.41, 5.74) is 0. The summed E-state index contributed by atoms with van der Waals surface area (Å²) in [4.78, 5) is 12.8. The van der Waals surface area contributed by atoms with Gasteiger partial charge in [-0.1, -0.05) is 0 Å². The topological polar surface area (TPSA) is 29.5 Å². The van der Waals surface area contributed by atoms with E-state index in [4.69, 9.17) is 4.74 Å². The van der Waals surface area contributed by atoms with Crippen LogP contribution in [0.4, 0.5) is 0 Å². The van der Waals surface area contributed by atoms with Crippen LogP contribution in [0.15, 0.2) is 0 Å². The molecule has 0 saturated carbocycles. The molecule has 0 amide bonds. The van der Waals surface area contributed by atoms with Gasteiger partial charge in [-0.2, -0.15) is 0 Å². The molecular weight excluding hydrogens is 142 g/mol. The lowest BCUT2D eigenvalue weighted by atomic mass is 10.2. The van der Waals surface area contributed by atoms with Crippen LogP contribution < -0.4 is 0 Å². The SMILES string of the molecule is CC(=O)CC1OCCCN1C. The molecular formula is C8H15NO2. The lowest BCUT2D eigenvalue weighted by Gasteiger charge is -2.31. The molecule has 0 bridgehead atoms. The smallest absolute Gasteiger partial charge is 0.133 e. The molecule has 1 atom stereocenters. The number of hydrogen-bond acceptors (Lipinski definition) is 3. The molecule has 0 spiro atoms. The van der Waals surface area contributed by atoms with E-state index in [-0.39, 0.29) is 12.0 Å². The molecule has 0 aromatic carbocycles. The standard InChI is InChI=1S/C8H15NO2/c1-7(10)6-8-9(2)4-3-5-11-8/h8H,3-6H2,1-2H3. The van der Waals surface area contributed by atoms with Crippen LogP contribution in [0.1, 0.15) is 19.8 Å². The molecule has 1 unspecified atom stereocenters. The van der Waals surface area contributed by atoms with Crippen molar-refractivity contribution >= 4 is 5.78 Å². The number of hydrogen-bond donors (Lipinski definition) is 0. The highest BCUT2D eigenvalue weighted by Crippen LogP contribution is 2.10. The van der Waals surface area contributed by atoms with Gasteiger partial charge in [-0.3, -0.25) is 9.69 Å². The van der Waals surface area contributed by atoms with Crippen molar-refractivity contribution in [2.45, 2.75) is 26.0 Å². The average Bonchev–Trinajstić information content (AvgIpc) is 1.93. The number of ether oxygens (including phenoxy) is 1. The van der Waals surface area contributed by atoms with Gasteiger partial charge in [0.15, 0.2) is 0 Å². The van der Waals surface area contributed by atoms with Crippen molar-refractivity contribution in [2.75, 3.05) is 20.2 Å². The molecule has 0 radical (unpaired) electrons. The fourth-order valence-electron chi connectivity index (χ4n) is 1.27. The summed E-state index contributed by atoms with van der Waals surface area (Å²) in [5, 5.41) is 0. The maximum Gasteiger partial charge on any atom is 0.133 e. The van der Waals surface area contributed by atoms with Gasteiger partial charge in [-0.05, 0) is 20.4 Å². The van der Waals surface area contributed by atoms with Gasteiger partial charge in [0.05, 0.1) is 0 Å². The summed E-state index contributed by atoms with van der Waals surface area (Å²) >= 11 is 0. The van der Waals surface area contributed by atoms with E-state index in [0.29, 0.717) is 6.42 Å². The summed E-state index contributed by atoms with van der Waals surface area (Å²) in [6, 6.07) is 0. The van der Waals surface area contributed by atoms with E-state index in [1.54, 1.807) is 6.92 Å². The zero-order valence-electron chi connectivity index (χ0n) is 7.17. The molecule has 0 aliphatic carbocycles. The minimum absolute atomic E-state index is 0.0289. The third-order valence-electron chi connectivity index (χ3n) is 1.92. The first-order valence-corrected chi connectivity index (χ1v) is 4.01. The van der Waals surface area contributed by atoms with Crippen molar-refractivity contribution in [1.29, 1.82) is 0 Å². The number of Topliss-reactive ketones (excluding diaryl/α,β-unsaturated/α-hetero) is 1. The van der Waals surface area contributed by atoms with Crippen molar-refractivity contribution in [2.24, 2.45) is 0 Å². The normalized spacial score (nSPS) is 26.9. The van der Waals surface area contributed by atoms with E-state index in [2.05, 4.69) is 4.90 Å². The number of carbonyl (C=O) groups excluding carboxylic acids is 1. The van der Waals surface area contributed by atoms with E-state index >= 15 is 0 Å². The lowest BCUT2D eigenvalue weighted by Crippen LogP contribution is -2.40. The number of rotatable bonds is 2. The van der Waals surface area contributed by atoms with Crippen LogP contribution in [-0.4, -0.2) is 37.1 Å². The highest BCUT2D eigenvalue weighted by molar-refractivity contribution is 5.75. The molecule has 1 fully saturated rings. The second kappa shape index (κ2) is 3.83. The maximum absolute atomic E-state index is 10.8. The van der Waals surface area contributed by atoms with Gasteiger partial charge in [0.1, 0.15) is 12.0 Å².